The van der Waals surface area contributed by atoms with Gasteiger partial charge in [-0.15, -0.1) is 0 Å². The van der Waals surface area contributed by atoms with Gasteiger partial charge in [-0.1, -0.05) is 25.1 Å². The predicted octanol–water partition coefficient (Wildman–Crippen LogP) is 5.67. The molecule has 0 bridgehead atoms. The molecule has 0 spiro atoms. The number of para-hydroxylation sites is 1. The maximum Gasteiger partial charge on any atom is 0.391 e. The van der Waals surface area contributed by atoms with Crippen molar-refractivity contribution in [2.45, 2.75) is 44.9 Å². The summed E-state index contributed by atoms with van der Waals surface area (Å²) in [7, 11) is 1.54. The molecule has 0 radical (unpaired) electrons. The van der Waals surface area contributed by atoms with Crippen molar-refractivity contribution in [1.29, 1.82) is 0 Å². The van der Waals surface area contributed by atoms with E-state index < -0.39 is 31.2 Å². The second-order valence-corrected chi connectivity index (χ2v) is 10.7. The zero-order valence-corrected chi connectivity index (χ0v) is 22.9. The van der Waals surface area contributed by atoms with Gasteiger partial charge in [-0.05, 0) is 72.4 Å². The molecule has 0 aromatic heterocycles. The number of hydrazine groups is 1. The molecule has 2 N–H and O–H groups in total. The molecule has 6 nitrogen and oxygen atoms in total. The molecule has 1 aliphatic heterocycles. The van der Waals surface area contributed by atoms with E-state index in [1.807, 2.05) is 42.4 Å². The molecule has 2 aromatic rings. The fraction of sp³-hybridized carbons (Fsp3) is 0.387. The van der Waals surface area contributed by atoms with Crippen LogP contribution < -0.4 is 15.2 Å². The first kappa shape index (κ1) is 28.7. The normalized spacial score (nSPS) is 20.6. The van der Waals surface area contributed by atoms with E-state index in [0.717, 1.165) is 33.7 Å². The lowest BCUT2D eigenvalue weighted by Gasteiger charge is -2.33. The summed E-state index contributed by atoms with van der Waals surface area (Å²) in [6, 6.07) is 13.5. The molecular formula is C31H33F4N3O3. The number of allylic oxidation sites excluding steroid dienone is 3. The van der Waals surface area contributed by atoms with Gasteiger partial charge in [-0.2, -0.15) is 13.2 Å². The summed E-state index contributed by atoms with van der Waals surface area (Å²) in [5.41, 5.74) is 8.70. The Morgan fingerprint density at radius 1 is 1.20 bits per heavy atom. The van der Waals surface area contributed by atoms with Crippen LogP contribution in [0, 0.1) is 17.7 Å². The highest BCUT2D eigenvalue weighted by Gasteiger charge is 2.42. The number of amides is 1. The zero-order valence-electron chi connectivity index (χ0n) is 22.9. The van der Waals surface area contributed by atoms with Crippen LogP contribution in [0.25, 0.3) is 0 Å². The van der Waals surface area contributed by atoms with Gasteiger partial charge in [0.15, 0.2) is 0 Å². The summed E-state index contributed by atoms with van der Waals surface area (Å²) in [5, 5.41) is 12.2. The number of aliphatic hydroxyl groups is 1. The number of fused-ring (bicyclic) bond motifs is 1. The van der Waals surface area contributed by atoms with E-state index in [-0.39, 0.29) is 24.2 Å². The number of carbonyl (C=O) groups excluding carboxylic acids is 1. The quantitative estimate of drug-likeness (QED) is 0.380. The average molecular weight is 572 g/mol. The minimum absolute atomic E-state index is 0.115. The summed E-state index contributed by atoms with van der Waals surface area (Å²) in [4.78, 5) is 15.4. The van der Waals surface area contributed by atoms with Gasteiger partial charge < -0.3 is 20.2 Å². The van der Waals surface area contributed by atoms with E-state index >= 15 is 0 Å². The lowest BCUT2D eigenvalue weighted by Crippen LogP contribution is -2.43. The molecule has 2 aromatic carbocycles. The second-order valence-electron chi connectivity index (χ2n) is 10.7. The number of carbonyl (C=O) groups is 1. The number of benzene rings is 2. The van der Waals surface area contributed by atoms with Crippen LogP contribution in [0.5, 0.6) is 5.75 Å². The van der Waals surface area contributed by atoms with Crippen molar-refractivity contribution in [2.24, 2.45) is 11.8 Å². The SMILES string of the molecule is COc1ccccc1CCN(C[C@H](O)CC(F)(F)F)C(=O)[C@H]1CCC2=C1[C@@H](C)C1=CNN(c3ccc(F)cc3)C1=C2. The van der Waals surface area contributed by atoms with E-state index in [0.29, 0.717) is 25.0 Å². The van der Waals surface area contributed by atoms with Crippen LogP contribution in [0.2, 0.25) is 0 Å². The maximum atomic E-state index is 14.0. The number of halogens is 4. The molecule has 0 saturated heterocycles. The Hall–Kier alpha value is -3.79. The summed E-state index contributed by atoms with van der Waals surface area (Å²) in [5.74, 6) is -0.599. The van der Waals surface area contributed by atoms with Crippen molar-refractivity contribution in [3.05, 3.63) is 94.6 Å². The van der Waals surface area contributed by atoms with Crippen molar-refractivity contribution < 1.29 is 32.2 Å². The summed E-state index contributed by atoms with van der Waals surface area (Å²) < 4.78 is 58.0. The summed E-state index contributed by atoms with van der Waals surface area (Å²) in [6.45, 7) is 1.75. The van der Waals surface area contributed by atoms with Gasteiger partial charge in [0, 0.05) is 30.8 Å². The highest BCUT2D eigenvalue weighted by atomic mass is 19.4. The minimum Gasteiger partial charge on any atom is -0.496 e. The molecule has 1 amide bonds. The Balaban J connectivity index is 1.40. The van der Waals surface area contributed by atoms with Crippen molar-refractivity contribution >= 4 is 11.6 Å². The fourth-order valence-corrected chi connectivity index (χ4v) is 6.12. The van der Waals surface area contributed by atoms with Crippen LogP contribution in [0.1, 0.15) is 31.7 Å². The number of ether oxygens (including phenoxy) is 1. The number of anilines is 1. The number of alkyl halides is 3. The Kier molecular flexibility index (Phi) is 8.13. The van der Waals surface area contributed by atoms with Crippen molar-refractivity contribution in [3.63, 3.8) is 0 Å². The first-order valence-electron chi connectivity index (χ1n) is 13.7. The summed E-state index contributed by atoms with van der Waals surface area (Å²) in [6.07, 6.45) is -2.19. The Bertz CT molecular complexity index is 1380. The lowest BCUT2D eigenvalue weighted by molar-refractivity contribution is -0.158. The molecule has 0 saturated carbocycles. The summed E-state index contributed by atoms with van der Waals surface area (Å²) >= 11 is 0. The third kappa shape index (κ3) is 6.12. The van der Waals surface area contributed by atoms with Gasteiger partial charge in [-0.25, -0.2) is 4.39 Å². The molecule has 218 valence electrons. The minimum atomic E-state index is -4.54. The standard InChI is InChI=1S/C31H33F4N3O3/c1-19-26-17-36-38(23-10-8-22(32)9-11-23)27(26)15-21-7-12-25(29(19)21)30(40)37(18-24(39)16-31(33,34)35)14-13-20-5-3-4-6-28(20)41-2/h3-6,8-11,15,17,19,24-25,36,39H,7,12-14,16,18H2,1-2H3/t19-,24+,25-/m0/s1. The second kappa shape index (κ2) is 11.6. The first-order chi connectivity index (χ1) is 19.6. The van der Waals surface area contributed by atoms with Gasteiger partial charge in [0.25, 0.3) is 0 Å². The number of aliphatic hydroxyl groups excluding tert-OH is 1. The van der Waals surface area contributed by atoms with Crippen LogP contribution in [-0.4, -0.2) is 48.4 Å². The van der Waals surface area contributed by atoms with E-state index in [9.17, 15) is 27.5 Å². The monoisotopic (exact) mass is 571 g/mol. The van der Waals surface area contributed by atoms with Crippen LogP contribution >= 0.6 is 0 Å². The van der Waals surface area contributed by atoms with E-state index in [1.54, 1.807) is 18.2 Å². The topological polar surface area (TPSA) is 65.0 Å². The lowest BCUT2D eigenvalue weighted by atomic mass is 9.80. The highest BCUT2D eigenvalue weighted by Crippen LogP contribution is 2.48. The largest absolute Gasteiger partial charge is 0.496 e. The predicted molar refractivity (Wildman–Crippen MR) is 147 cm³/mol. The van der Waals surface area contributed by atoms with Gasteiger partial charge in [0.05, 0.1) is 36.9 Å². The third-order valence-electron chi connectivity index (χ3n) is 8.01. The number of hydrogen-bond acceptors (Lipinski definition) is 5. The number of hydrogen-bond donors (Lipinski definition) is 2. The molecule has 2 aliphatic carbocycles. The molecule has 0 unspecified atom stereocenters. The molecule has 41 heavy (non-hydrogen) atoms. The van der Waals surface area contributed by atoms with Crippen LogP contribution in [0.4, 0.5) is 23.2 Å². The first-order valence-corrected chi connectivity index (χ1v) is 13.7. The van der Waals surface area contributed by atoms with E-state index in [2.05, 4.69) is 5.43 Å². The number of methoxy groups -OCH3 is 1. The van der Waals surface area contributed by atoms with Gasteiger partial charge in [0.1, 0.15) is 11.6 Å². The third-order valence-corrected chi connectivity index (χ3v) is 8.01. The van der Waals surface area contributed by atoms with Gasteiger partial charge in [-0.3, -0.25) is 9.80 Å². The van der Waals surface area contributed by atoms with Crippen LogP contribution in [0.3, 0.4) is 0 Å². The Morgan fingerprint density at radius 3 is 2.63 bits per heavy atom. The van der Waals surface area contributed by atoms with Crippen molar-refractivity contribution in [2.75, 3.05) is 25.2 Å². The molecular weight excluding hydrogens is 538 g/mol. The molecule has 0 fully saturated rings. The molecule has 3 atom stereocenters. The fourth-order valence-electron chi connectivity index (χ4n) is 6.12. The smallest absolute Gasteiger partial charge is 0.391 e. The molecule has 1 heterocycles. The number of nitrogens with zero attached hydrogens (tertiary/aromatic N) is 2. The molecule has 3 aliphatic rings. The van der Waals surface area contributed by atoms with Crippen LogP contribution in [0.15, 0.2) is 83.2 Å². The van der Waals surface area contributed by atoms with Crippen molar-refractivity contribution in [1.82, 2.24) is 10.3 Å². The Labute approximate surface area is 236 Å². The van der Waals surface area contributed by atoms with Crippen molar-refractivity contribution in [3.8, 4) is 5.75 Å². The van der Waals surface area contributed by atoms with Crippen LogP contribution in [-0.2, 0) is 11.2 Å². The van der Waals surface area contributed by atoms with E-state index in [1.165, 1.54) is 24.1 Å². The molecule has 10 heteroatoms. The van der Waals surface area contributed by atoms with E-state index in [4.69, 9.17) is 4.74 Å². The zero-order chi connectivity index (χ0) is 29.3. The van der Waals surface area contributed by atoms with Gasteiger partial charge >= 0.3 is 6.18 Å². The number of rotatable bonds is 9. The highest BCUT2D eigenvalue weighted by molar-refractivity contribution is 5.84. The average Bonchev–Trinajstić information content (AvgIpc) is 3.55. The maximum absolute atomic E-state index is 14.0. The van der Waals surface area contributed by atoms with Gasteiger partial charge in [0.2, 0.25) is 5.91 Å². The molecule has 5 rings (SSSR count). The number of nitrogens with one attached hydrogen (secondary N) is 1. The Morgan fingerprint density at radius 2 is 1.93 bits per heavy atom.